The summed E-state index contributed by atoms with van der Waals surface area (Å²) in [5.74, 6) is -1.24. The van der Waals surface area contributed by atoms with E-state index in [1.165, 1.54) is 0 Å². The molecule has 2 N–H and O–H groups in total. The Balaban J connectivity index is 2.27. The maximum atomic E-state index is 11.8. The van der Waals surface area contributed by atoms with Gasteiger partial charge in [0.1, 0.15) is 6.10 Å². The van der Waals surface area contributed by atoms with E-state index < -0.39 is 30.3 Å². The molecule has 19 heavy (non-hydrogen) atoms. The van der Waals surface area contributed by atoms with Crippen LogP contribution >= 0.6 is 0 Å². The zero-order valence-corrected chi connectivity index (χ0v) is 10.6. The Morgan fingerprint density at radius 1 is 1.37 bits per heavy atom. The van der Waals surface area contributed by atoms with Gasteiger partial charge in [0, 0.05) is 12.2 Å². The Morgan fingerprint density at radius 3 is 2.74 bits per heavy atom. The molecule has 0 aromatic carbocycles. The van der Waals surface area contributed by atoms with E-state index in [9.17, 15) is 19.8 Å². The van der Waals surface area contributed by atoms with Gasteiger partial charge >= 0.3 is 11.9 Å². The smallest absolute Gasteiger partial charge is 0.334 e. The summed E-state index contributed by atoms with van der Waals surface area (Å²) in [6.07, 6.45) is 0.410. The minimum absolute atomic E-state index is 0.0150. The molecule has 2 rings (SSSR count). The third-order valence-corrected chi connectivity index (χ3v) is 3.85. The molecule has 2 aliphatic rings. The van der Waals surface area contributed by atoms with Crippen molar-refractivity contribution in [3.8, 4) is 0 Å². The van der Waals surface area contributed by atoms with Crippen LogP contribution in [0.15, 0.2) is 12.2 Å². The normalized spacial score (nSPS) is 35.8. The quantitative estimate of drug-likeness (QED) is 0.539. The van der Waals surface area contributed by atoms with Crippen molar-refractivity contribution in [1.29, 1.82) is 0 Å². The molecule has 1 aliphatic carbocycles. The van der Waals surface area contributed by atoms with Crippen molar-refractivity contribution in [2.24, 2.45) is 5.92 Å². The van der Waals surface area contributed by atoms with Crippen molar-refractivity contribution in [2.45, 2.75) is 37.4 Å². The van der Waals surface area contributed by atoms with Gasteiger partial charge in [0.2, 0.25) is 0 Å². The van der Waals surface area contributed by atoms with E-state index in [1.54, 1.807) is 0 Å². The van der Waals surface area contributed by atoms with Gasteiger partial charge in [0.15, 0.2) is 5.60 Å². The summed E-state index contributed by atoms with van der Waals surface area (Å²) in [7, 11) is 0. The molecule has 106 valence electrons. The van der Waals surface area contributed by atoms with Crippen molar-refractivity contribution < 1.29 is 29.3 Å². The number of hydrogen-bond acceptors (Lipinski definition) is 6. The molecule has 0 aromatic rings. The summed E-state index contributed by atoms with van der Waals surface area (Å²) < 4.78 is 10.6. The Bertz CT molecular complexity index is 404. The monoisotopic (exact) mass is 270 g/mol. The Morgan fingerprint density at radius 2 is 2.11 bits per heavy atom. The topological polar surface area (TPSA) is 93.1 Å². The number of fused-ring (bicyclic) bond motifs is 1. The number of carbonyl (C=O) groups excluding carboxylic acids is 2. The first-order valence-corrected chi connectivity index (χ1v) is 6.33. The second-order valence-corrected chi connectivity index (χ2v) is 5.19. The van der Waals surface area contributed by atoms with Gasteiger partial charge in [-0.25, -0.2) is 4.79 Å². The van der Waals surface area contributed by atoms with Crippen LogP contribution in [0, 0.1) is 5.92 Å². The summed E-state index contributed by atoms with van der Waals surface area (Å²) >= 11 is 0. The van der Waals surface area contributed by atoms with Crippen molar-refractivity contribution in [2.75, 3.05) is 13.2 Å². The fraction of sp³-hybridized carbons (Fsp3) is 0.692. The van der Waals surface area contributed by atoms with Crippen LogP contribution in [0.3, 0.4) is 0 Å². The molecule has 0 radical (unpaired) electrons. The van der Waals surface area contributed by atoms with Crippen LogP contribution in [0.2, 0.25) is 0 Å². The van der Waals surface area contributed by atoms with Crippen LogP contribution < -0.4 is 0 Å². The molecule has 0 spiro atoms. The SMILES string of the molecule is C=C1CC(=O)OC2CC(CO)CCC2(CO)OC1=O. The molecule has 3 atom stereocenters. The van der Waals surface area contributed by atoms with Gasteiger partial charge < -0.3 is 19.7 Å². The van der Waals surface area contributed by atoms with Crippen molar-refractivity contribution in [1.82, 2.24) is 0 Å². The van der Waals surface area contributed by atoms with E-state index in [0.717, 1.165) is 0 Å². The average Bonchev–Trinajstić information content (AvgIpc) is 2.39. The summed E-state index contributed by atoms with van der Waals surface area (Å²) in [4.78, 5) is 23.5. The molecule has 0 amide bonds. The van der Waals surface area contributed by atoms with E-state index in [-0.39, 0.29) is 24.5 Å². The van der Waals surface area contributed by atoms with Crippen LogP contribution in [0.5, 0.6) is 0 Å². The second-order valence-electron chi connectivity index (χ2n) is 5.19. The molecular weight excluding hydrogens is 252 g/mol. The van der Waals surface area contributed by atoms with E-state index in [2.05, 4.69) is 6.58 Å². The zero-order chi connectivity index (χ0) is 14.0. The predicted molar refractivity (Wildman–Crippen MR) is 64.0 cm³/mol. The molecule has 0 bridgehead atoms. The van der Waals surface area contributed by atoms with Gasteiger partial charge in [-0.15, -0.1) is 0 Å². The lowest BCUT2D eigenvalue weighted by atomic mass is 9.76. The van der Waals surface area contributed by atoms with E-state index in [4.69, 9.17) is 9.47 Å². The largest absolute Gasteiger partial charge is 0.458 e. The van der Waals surface area contributed by atoms with Gasteiger partial charge in [-0.3, -0.25) is 4.79 Å². The highest BCUT2D eigenvalue weighted by atomic mass is 16.6. The third kappa shape index (κ3) is 2.64. The molecule has 1 saturated heterocycles. The van der Waals surface area contributed by atoms with Gasteiger partial charge in [-0.05, 0) is 25.2 Å². The minimum atomic E-state index is -1.21. The highest BCUT2D eigenvalue weighted by molar-refractivity contribution is 5.94. The number of esters is 2. The Hall–Kier alpha value is -1.40. The summed E-state index contributed by atoms with van der Waals surface area (Å²) in [5, 5.41) is 18.8. The molecule has 1 heterocycles. The number of ether oxygens (including phenoxy) is 2. The molecule has 3 unspecified atom stereocenters. The summed E-state index contributed by atoms with van der Waals surface area (Å²) in [5.41, 5.74) is -1.18. The molecule has 1 aliphatic heterocycles. The minimum Gasteiger partial charge on any atom is -0.458 e. The van der Waals surface area contributed by atoms with Crippen LogP contribution in [-0.2, 0) is 19.1 Å². The average molecular weight is 270 g/mol. The standard InChI is InChI=1S/C13H18O6/c1-8-4-11(16)18-10-5-9(6-14)2-3-13(10,7-15)19-12(8)17/h9-10,14-15H,1-7H2. The Kier molecular flexibility index (Phi) is 3.91. The third-order valence-electron chi connectivity index (χ3n) is 3.85. The van der Waals surface area contributed by atoms with Gasteiger partial charge in [0.25, 0.3) is 0 Å². The van der Waals surface area contributed by atoms with Crippen molar-refractivity contribution in [3.05, 3.63) is 12.2 Å². The van der Waals surface area contributed by atoms with Crippen molar-refractivity contribution in [3.63, 3.8) is 0 Å². The van der Waals surface area contributed by atoms with E-state index in [1.807, 2.05) is 0 Å². The first-order valence-electron chi connectivity index (χ1n) is 6.33. The Labute approximate surface area is 111 Å². The summed E-state index contributed by atoms with van der Waals surface area (Å²) in [6, 6.07) is 0. The van der Waals surface area contributed by atoms with Crippen LogP contribution in [0.25, 0.3) is 0 Å². The lowest BCUT2D eigenvalue weighted by Crippen LogP contribution is -2.56. The first-order chi connectivity index (χ1) is 9.00. The van der Waals surface area contributed by atoms with Gasteiger partial charge in [-0.2, -0.15) is 0 Å². The number of rotatable bonds is 2. The van der Waals surface area contributed by atoms with Gasteiger partial charge in [0.05, 0.1) is 13.0 Å². The van der Waals surface area contributed by atoms with Crippen molar-refractivity contribution >= 4 is 11.9 Å². The molecule has 2 fully saturated rings. The number of aliphatic hydroxyl groups excluding tert-OH is 2. The van der Waals surface area contributed by atoms with E-state index in [0.29, 0.717) is 19.3 Å². The lowest BCUT2D eigenvalue weighted by molar-refractivity contribution is -0.207. The highest BCUT2D eigenvalue weighted by Crippen LogP contribution is 2.38. The van der Waals surface area contributed by atoms with Crippen LogP contribution in [0.1, 0.15) is 25.7 Å². The fourth-order valence-electron chi connectivity index (χ4n) is 2.60. The number of carbonyl (C=O) groups is 2. The molecule has 6 nitrogen and oxygen atoms in total. The maximum Gasteiger partial charge on any atom is 0.334 e. The molecule has 1 saturated carbocycles. The molecule has 6 heteroatoms. The fourth-order valence-corrected chi connectivity index (χ4v) is 2.60. The summed E-state index contributed by atoms with van der Waals surface area (Å²) in [6.45, 7) is 3.05. The lowest BCUT2D eigenvalue weighted by Gasteiger charge is -2.44. The molecular formula is C13H18O6. The number of aliphatic hydroxyl groups is 2. The zero-order valence-electron chi connectivity index (χ0n) is 10.6. The molecule has 0 aromatic heterocycles. The highest BCUT2D eigenvalue weighted by Gasteiger charge is 2.50. The first kappa shape index (κ1) is 14.0. The number of hydrogen-bond donors (Lipinski definition) is 2. The van der Waals surface area contributed by atoms with E-state index >= 15 is 0 Å². The van der Waals surface area contributed by atoms with Crippen LogP contribution in [0.4, 0.5) is 0 Å². The maximum absolute atomic E-state index is 11.8. The second kappa shape index (κ2) is 5.30. The van der Waals surface area contributed by atoms with Crippen LogP contribution in [-0.4, -0.2) is 47.1 Å². The van der Waals surface area contributed by atoms with Gasteiger partial charge in [-0.1, -0.05) is 6.58 Å². The predicted octanol–water partition coefficient (Wildman–Crippen LogP) is -0.0752.